The van der Waals surface area contributed by atoms with Gasteiger partial charge in [-0.2, -0.15) is 0 Å². The van der Waals surface area contributed by atoms with E-state index in [9.17, 15) is 9.59 Å². The summed E-state index contributed by atoms with van der Waals surface area (Å²) in [5, 5.41) is 1.05. The molecular weight excluding hydrogens is 312 g/mol. The summed E-state index contributed by atoms with van der Waals surface area (Å²) in [5.74, 6) is -0.293. The molecule has 0 aliphatic carbocycles. The van der Waals surface area contributed by atoms with Crippen LogP contribution in [0.25, 0.3) is 17.0 Å². The lowest BCUT2D eigenvalue weighted by Crippen LogP contribution is -2.31. The number of aromatic amines is 1. The van der Waals surface area contributed by atoms with Crippen LogP contribution in [0, 0.1) is 0 Å². The third-order valence-corrected chi connectivity index (χ3v) is 4.58. The maximum Gasteiger partial charge on any atom is 0.256 e. The third-order valence-electron chi connectivity index (χ3n) is 4.58. The quantitative estimate of drug-likeness (QED) is 0.587. The molecule has 1 aliphatic rings. The molecule has 1 fully saturated rings. The summed E-state index contributed by atoms with van der Waals surface area (Å²) in [7, 11) is 0. The van der Waals surface area contributed by atoms with Crippen LogP contribution >= 0.6 is 0 Å². The third kappa shape index (κ3) is 2.98. The molecule has 25 heavy (non-hydrogen) atoms. The van der Waals surface area contributed by atoms with Crippen molar-refractivity contribution < 1.29 is 9.59 Å². The molecular formula is C21H18N2O2. The first-order chi connectivity index (χ1) is 12.2. The van der Waals surface area contributed by atoms with Crippen molar-refractivity contribution in [2.75, 3.05) is 6.54 Å². The molecule has 0 unspecified atom stereocenters. The number of amides is 2. The van der Waals surface area contributed by atoms with Gasteiger partial charge in [0.15, 0.2) is 0 Å². The molecule has 2 heterocycles. The summed E-state index contributed by atoms with van der Waals surface area (Å²) in [5.41, 5.74) is 3.64. The number of nitrogens with zero attached hydrogens (tertiary/aromatic N) is 1. The fourth-order valence-electron chi connectivity index (χ4n) is 3.25. The maximum absolute atomic E-state index is 12.6. The molecule has 2 amide bonds. The molecule has 1 aliphatic heterocycles. The summed E-state index contributed by atoms with van der Waals surface area (Å²) < 4.78 is 0. The smallest absolute Gasteiger partial charge is 0.256 e. The largest absolute Gasteiger partial charge is 0.361 e. The molecule has 4 rings (SSSR count). The number of carbonyl (C=O) groups is 2. The summed E-state index contributed by atoms with van der Waals surface area (Å²) >= 11 is 0. The molecule has 0 spiro atoms. The van der Waals surface area contributed by atoms with Crippen molar-refractivity contribution in [1.29, 1.82) is 0 Å². The molecule has 1 saturated heterocycles. The van der Waals surface area contributed by atoms with E-state index in [1.807, 2.05) is 66.9 Å². The fourth-order valence-corrected chi connectivity index (χ4v) is 3.25. The number of aromatic nitrogens is 1. The van der Waals surface area contributed by atoms with Crippen molar-refractivity contribution >= 4 is 28.8 Å². The molecule has 2 aromatic carbocycles. The van der Waals surface area contributed by atoms with E-state index >= 15 is 0 Å². The molecule has 0 atom stereocenters. The van der Waals surface area contributed by atoms with Gasteiger partial charge in [0.2, 0.25) is 5.91 Å². The van der Waals surface area contributed by atoms with Gasteiger partial charge in [0, 0.05) is 34.8 Å². The van der Waals surface area contributed by atoms with Crippen molar-refractivity contribution in [3.05, 3.63) is 77.5 Å². The van der Waals surface area contributed by atoms with Crippen molar-refractivity contribution in [3.8, 4) is 0 Å². The number of hydrogen-bond acceptors (Lipinski definition) is 2. The lowest BCUT2D eigenvalue weighted by Gasteiger charge is -2.13. The minimum absolute atomic E-state index is 0.118. The second-order valence-electron chi connectivity index (χ2n) is 6.22. The number of likely N-dealkylation sites (tertiary alicyclic amines) is 1. The first-order valence-corrected chi connectivity index (χ1v) is 8.38. The van der Waals surface area contributed by atoms with Gasteiger partial charge in [-0.3, -0.25) is 14.5 Å². The highest BCUT2D eigenvalue weighted by atomic mass is 16.2. The van der Waals surface area contributed by atoms with E-state index in [1.165, 1.54) is 4.90 Å². The number of nitrogens with one attached hydrogen (secondary N) is 1. The van der Waals surface area contributed by atoms with Crippen LogP contribution in [-0.2, 0) is 16.0 Å². The molecule has 4 nitrogen and oxygen atoms in total. The van der Waals surface area contributed by atoms with E-state index in [1.54, 1.807) is 0 Å². The normalized spacial score (nSPS) is 16.3. The van der Waals surface area contributed by atoms with Gasteiger partial charge in [0.05, 0.1) is 6.42 Å². The Labute approximate surface area is 145 Å². The standard InChI is InChI=1S/C21H18N2O2/c24-20-13-16(12-17-14-22-19-9-5-4-8-18(17)19)21(25)23(20)11-10-15-6-2-1-3-7-15/h1-9,12,14,22H,10-11,13H2. The molecule has 1 aromatic heterocycles. The van der Waals surface area contributed by atoms with Gasteiger partial charge in [-0.15, -0.1) is 0 Å². The zero-order valence-electron chi connectivity index (χ0n) is 13.7. The van der Waals surface area contributed by atoms with Crippen molar-refractivity contribution in [1.82, 2.24) is 9.88 Å². The second kappa shape index (κ2) is 6.40. The Morgan fingerprint density at radius 1 is 1.00 bits per heavy atom. The lowest BCUT2D eigenvalue weighted by molar-refractivity contribution is -0.137. The number of carbonyl (C=O) groups excluding carboxylic acids is 2. The van der Waals surface area contributed by atoms with Crippen LogP contribution in [0.15, 0.2) is 66.4 Å². The zero-order chi connectivity index (χ0) is 17.2. The first-order valence-electron chi connectivity index (χ1n) is 8.38. The van der Waals surface area contributed by atoms with Gasteiger partial charge in [0.1, 0.15) is 0 Å². The van der Waals surface area contributed by atoms with E-state index in [0.717, 1.165) is 22.0 Å². The Morgan fingerprint density at radius 3 is 2.60 bits per heavy atom. The molecule has 0 bridgehead atoms. The second-order valence-corrected chi connectivity index (χ2v) is 6.22. The summed E-state index contributed by atoms with van der Waals surface area (Å²) in [6, 6.07) is 17.8. The molecule has 1 N–H and O–H groups in total. The van der Waals surface area contributed by atoms with Crippen molar-refractivity contribution in [2.45, 2.75) is 12.8 Å². The van der Waals surface area contributed by atoms with Crippen LogP contribution in [0.2, 0.25) is 0 Å². The van der Waals surface area contributed by atoms with E-state index in [-0.39, 0.29) is 18.2 Å². The predicted molar refractivity (Wildman–Crippen MR) is 97.8 cm³/mol. The number of imide groups is 1. The summed E-state index contributed by atoms with van der Waals surface area (Å²) in [6.07, 6.45) is 4.56. The van der Waals surface area contributed by atoms with Gasteiger partial charge in [-0.05, 0) is 24.1 Å². The number of hydrogen-bond donors (Lipinski definition) is 1. The fraction of sp³-hybridized carbons (Fsp3) is 0.143. The average Bonchev–Trinajstić information content (AvgIpc) is 3.16. The number of rotatable bonds is 4. The van der Waals surface area contributed by atoms with Gasteiger partial charge in [-0.1, -0.05) is 48.5 Å². The molecule has 4 heteroatoms. The number of fused-ring (bicyclic) bond motifs is 1. The summed E-state index contributed by atoms with van der Waals surface area (Å²) in [6.45, 7) is 0.424. The van der Waals surface area contributed by atoms with E-state index in [0.29, 0.717) is 18.5 Å². The van der Waals surface area contributed by atoms with Gasteiger partial charge < -0.3 is 4.98 Å². The van der Waals surface area contributed by atoms with E-state index < -0.39 is 0 Å². The van der Waals surface area contributed by atoms with Gasteiger partial charge >= 0.3 is 0 Å². The monoisotopic (exact) mass is 330 g/mol. The van der Waals surface area contributed by atoms with Crippen LogP contribution in [0.3, 0.4) is 0 Å². The number of benzene rings is 2. The first kappa shape index (κ1) is 15.4. The Kier molecular flexibility index (Phi) is 3.94. The van der Waals surface area contributed by atoms with Crippen LogP contribution in [-0.4, -0.2) is 28.2 Å². The maximum atomic E-state index is 12.6. The Hall–Kier alpha value is -3.14. The highest BCUT2D eigenvalue weighted by molar-refractivity contribution is 6.16. The average molecular weight is 330 g/mol. The minimum atomic E-state index is -0.175. The van der Waals surface area contributed by atoms with E-state index in [4.69, 9.17) is 0 Å². The molecule has 3 aromatic rings. The van der Waals surface area contributed by atoms with Crippen LogP contribution in [0.5, 0.6) is 0 Å². The highest BCUT2D eigenvalue weighted by Crippen LogP contribution is 2.25. The number of H-pyrrole nitrogens is 1. The van der Waals surface area contributed by atoms with Gasteiger partial charge in [-0.25, -0.2) is 0 Å². The van der Waals surface area contributed by atoms with Crippen LogP contribution in [0.4, 0.5) is 0 Å². The van der Waals surface area contributed by atoms with Crippen molar-refractivity contribution in [3.63, 3.8) is 0 Å². The SMILES string of the molecule is O=C1CC(=Cc2c[nH]c3ccccc23)C(=O)N1CCc1ccccc1. The number of para-hydroxylation sites is 1. The summed E-state index contributed by atoms with van der Waals surface area (Å²) in [4.78, 5) is 29.5. The topological polar surface area (TPSA) is 53.2 Å². The Bertz CT molecular complexity index is 970. The molecule has 0 saturated carbocycles. The predicted octanol–water partition coefficient (Wildman–Crippen LogP) is 3.55. The highest BCUT2D eigenvalue weighted by Gasteiger charge is 2.33. The van der Waals surface area contributed by atoms with Crippen molar-refractivity contribution in [2.24, 2.45) is 0 Å². The molecule has 0 radical (unpaired) electrons. The molecule has 124 valence electrons. The Morgan fingerprint density at radius 2 is 1.76 bits per heavy atom. The Balaban J connectivity index is 1.54. The van der Waals surface area contributed by atoms with E-state index in [2.05, 4.69) is 4.98 Å². The zero-order valence-corrected chi connectivity index (χ0v) is 13.7. The minimum Gasteiger partial charge on any atom is -0.361 e. The lowest BCUT2D eigenvalue weighted by atomic mass is 10.1. The van der Waals surface area contributed by atoms with Crippen LogP contribution in [0.1, 0.15) is 17.5 Å². The van der Waals surface area contributed by atoms with Gasteiger partial charge in [0.25, 0.3) is 5.91 Å². The van der Waals surface area contributed by atoms with Crippen LogP contribution < -0.4 is 0 Å².